The Balaban J connectivity index is 1.59. The molecular weight excluding hydrogens is 226 g/mol. The molecule has 1 saturated heterocycles. The highest BCUT2D eigenvalue weighted by molar-refractivity contribution is 5.11. The molecule has 3 nitrogen and oxygen atoms in total. The third-order valence-electron chi connectivity index (χ3n) is 5.67. The topological polar surface area (TPSA) is 30.5 Å². The van der Waals surface area contributed by atoms with Crippen LogP contribution in [0.1, 0.15) is 46.0 Å². The zero-order valence-electron chi connectivity index (χ0n) is 12.0. The minimum absolute atomic E-state index is 0.136. The van der Waals surface area contributed by atoms with Gasteiger partial charge in [-0.05, 0) is 32.1 Å². The lowest BCUT2D eigenvalue weighted by Crippen LogP contribution is -2.70. The van der Waals surface area contributed by atoms with Gasteiger partial charge in [-0.3, -0.25) is 0 Å². The molecule has 1 heterocycles. The average molecular weight is 253 g/mol. The van der Waals surface area contributed by atoms with Crippen molar-refractivity contribution in [2.75, 3.05) is 20.3 Å². The Labute approximate surface area is 111 Å². The fourth-order valence-corrected chi connectivity index (χ4v) is 4.26. The van der Waals surface area contributed by atoms with E-state index in [1.807, 2.05) is 7.11 Å². The summed E-state index contributed by atoms with van der Waals surface area (Å²) in [6.07, 6.45) is 6.78. The van der Waals surface area contributed by atoms with Gasteiger partial charge in [0.2, 0.25) is 0 Å². The zero-order chi connectivity index (χ0) is 12.8. The van der Waals surface area contributed by atoms with Crippen molar-refractivity contribution in [3.63, 3.8) is 0 Å². The van der Waals surface area contributed by atoms with Crippen molar-refractivity contribution in [3.8, 4) is 0 Å². The van der Waals surface area contributed by atoms with Crippen LogP contribution in [0.25, 0.3) is 0 Å². The van der Waals surface area contributed by atoms with Crippen LogP contribution in [0.5, 0.6) is 0 Å². The summed E-state index contributed by atoms with van der Waals surface area (Å²) < 4.78 is 11.7. The molecule has 3 rings (SSSR count). The van der Waals surface area contributed by atoms with Crippen molar-refractivity contribution in [2.45, 2.75) is 63.7 Å². The van der Waals surface area contributed by atoms with Gasteiger partial charge in [0, 0.05) is 37.6 Å². The maximum Gasteiger partial charge on any atom is 0.0802 e. The predicted octanol–water partition coefficient (Wildman–Crippen LogP) is 2.35. The third kappa shape index (κ3) is 1.83. The SMILES string of the molecule is COC1(CNC2C3CCCOC3C2(C)C)CCC1. The van der Waals surface area contributed by atoms with Crippen LogP contribution in [0.2, 0.25) is 0 Å². The van der Waals surface area contributed by atoms with Crippen molar-refractivity contribution in [3.05, 3.63) is 0 Å². The Kier molecular flexibility index (Phi) is 3.20. The third-order valence-corrected chi connectivity index (χ3v) is 5.67. The zero-order valence-corrected chi connectivity index (χ0v) is 12.0. The standard InChI is InChI=1S/C15H27NO2/c1-14(2)12(11-6-4-9-18-13(11)14)16-10-15(17-3)7-5-8-15/h11-13,16H,4-10H2,1-3H3. The number of ether oxygens (including phenoxy) is 2. The quantitative estimate of drug-likeness (QED) is 0.834. The Hall–Kier alpha value is -0.120. The summed E-state index contributed by atoms with van der Waals surface area (Å²) in [5.74, 6) is 0.725. The first kappa shape index (κ1) is 12.9. The Morgan fingerprint density at radius 3 is 2.67 bits per heavy atom. The van der Waals surface area contributed by atoms with Gasteiger partial charge in [0.05, 0.1) is 11.7 Å². The van der Waals surface area contributed by atoms with E-state index in [0.29, 0.717) is 12.1 Å². The Bertz CT molecular complexity index is 306. The first-order valence-electron chi connectivity index (χ1n) is 7.49. The van der Waals surface area contributed by atoms with Gasteiger partial charge in [-0.15, -0.1) is 0 Å². The Morgan fingerprint density at radius 2 is 2.06 bits per heavy atom. The van der Waals surface area contributed by atoms with Crippen LogP contribution in [0.15, 0.2) is 0 Å². The molecule has 3 aliphatic rings. The highest BCUT2D eigenvalue weighted by Gasteiger charge is 2.58. The maximum absolute atomic E-state index is 5.95. The molecule has 2 aliphatic carbocycles. The van der Waals surface area contributed by atoms with Crippen LogP contribution < -0.4 is 5.32 Å². The van der Waals surface area contributed by atoms with Crippen LogP contribution in [0, 0.1) is 11.3 Å². The molecule has 0 amide bonds. The molecule has 3 fully saturated rings. The molecule has 0 spiro atoms. The normalized spacial score (nSPS) is 40.5. The van der Waals surface area contributed by atoms with E-state index in [9.17, 15) is 0 Å². The van der Waals surface area contributed by atoms with Crippen molar-refractivity contribution in [1.29, 1.82) is 0 Å². The average Bonchev–Trinajstić information content (AvgIpc) is 2.32. The first-order valence-corrected chi connectivity index (χ1v) is 7.49. The van der Waals surface area contributed by atoms with Crippen molar-refractivity contribution in [2.24, 2.45) is 11.3 Å². The van der Waals surface area contributed by atoms with Gasteiger partial charge >= 0.3 is 0 Å². The number of fused-ring (bicyclic) bond motifs is 1. The molecule has 18 heavy (non-hydrogen) atoms. The molecular formula is C15H27NO2. The molecule has 0 aromatic rings. The van der Waals surface area contributed by atoms with E-state index in [0.717, 1.165) is 19.1 Å². The molecule has 2 saturated carbocycles. The van der Waals surface area contributed by atoms with Gasteiger partial charge < -0.3 is 14.8 Å². The van der Waals surface area contributed by atoms with E-state index >= 15 is 0 Å². The smallest absolute Gasteiger partial charge is 0.0802 e. The van der Waals surface area contributed by atoms with Gasteiger partial charge in [0.1, 0.15) is 0 Å². The molecule has 1 N–H and O–H groups in total. The van der Waals surface area contributed by atoms with E-state index in [1.54, 1.807) is 0 Å². The van der Waals surface area contributed by atoms with Crippen molar-refractivity contribution in [1.82, 2.24) is 5.32 Å². The molecule has 3 atom stereocenters. The number of hydrogen-bond donors (Lipinski definition) is 1. The summed E-state index contributed by atoms with van der Waals surface area (Å²) in [5, 5.41) is 3.80. The minimum atomic E-state index is 0.136. The van der Waals surface area contributed by atoms with Gasteiger partial charge in [-0.1, -0.05) is 13.8 Å². The monoisotopic (exact) mass is 253 g/mol. The Morgan fingerprint density at radius 1 is 1.28 bits per heavy atom. The maximum atomic E-state index is 5.95. The van der Waals surface area contributed by atoms with Gasteiger partial charge in [-0.2, -0.15) is 0 Å². The minimum Gasteiger partial charge on any atom is -0.377 e. The highest BCUT2D eigenvalue weighted by Crippen LogP contribution is 2.51. The fraction of sp³-hybridized carbons (Fsp3) is 1.00. The number of methoxy groups -OCH3 is 1. The van der Waals surface area contributed by atoms with E-state index in [2.05, 4.69) is 19.2 Å². The fourth-order valence-electron chi connectivity index (χ4n) is 4.26. The van der Waals surface area contributed by atoms with E-state index < -0.39 is 0 Å². The van der Waals surface area contributed by atoms with Gasteiger partial charge in [-0.25, -0.2) is 0 Å². The molecule has 3 heteroatoms. The second-order valence-electron chi connectivity index (χ2n) is 7.02. The van der Waals surface area contributed by atoms with Crippen molar-refractivity contribution >= 4 is 0 Å². The molecule has 0 bridgehead atoms. The van der Waals surface area contributed by atoms with Crippen LogP contribution in [0.3, 0.4) is 0 Å². The highest BCUT2D eigenvalue weighted by atomic mass is 16.5. The van der Waals surface area contributed by atoms with E-state index in [1.165, 1.54) is 32.1 Å². The second-order valence-corrected chi connectivity index (χ2v) is 7.02. The molecule has 104 valence electrons. The summed E-state index contributed by atoms with van der Waals surface area (Å²) in [6, 6.07) is 0.607. The number of hydrogen-bond acceptors (Lipinski definition) is 3. The lowest BCUT2D eigenvalue weighted by Gasteiger charge is -2.61. The van der Waals surface area contributed by atoms with Gasteiger partial charge in [0.25, 0.3) is 0 Å². The predicted molar refractivity (Wildman–Crippen MR) is 71.6 cm³/mol. The van der Waals surface area contributed by atoms with Gasteiger partial charge in [0.15, 0.2) is 0 Å². The van der Waals surface area contributed by atoms with Crippen LogP contribution >= 0.6 is 0 Å². The van der Waals surface area contributed by atoms with E-state index in [-0.39, 0.29) is 11.0 Å². The summed E-state index contributed by atoms with van der Waals surface area (Å²) >= 11 is 0. The van der Waals surface area contributed by atoms with Crippen LogP contribution in [0.4, 0.5) is 0 Å². The number of rotatable bonds is 4. The lowest BCUT2D eigenvalue weighted by molar-refractivity contribution is -0.196. The summed E-state index contributed by atoms with van der Waals surface area (Å²) in [7, 11) is 1.86. The summed E-state index contributed by atoms with van der Waals surface area (Å²) in [6.45, 7) is 6.66. The summed E-state index contributed by atoms with van der Waals surface area (Å²) in [5.41, 5.74) is 0.417. The molecule has 3 unspecified atom stereocenters. The van der Waals surface area contributed by atoms with Crippen molar-refractivity contribution < 1.29 is 9.47 Å². The largest absolute Gasteiger partial charge is 0.377 e. The molecule has 1 aliphatic heterocycles. The molecule has 0 aromatic heterocycles. The van der Waals surface area contributed by atoms with Crippen LogP contribution in [-0.2, 0) is 9.47 Å². The second kappa shape index (κ2) is 4.46. The first-order chi connectivity index (χ1) is 8.59. The number of nitrogens with one attached hydrogen (secondary N) is 1. The van der Waals surface area contributed by atoms with E-state index in [4.69, 9.17) is 9.47 Å². The molecule has 0 aromatic carbocycles. The molecule has 0 radical (unpaired) electrons. The lowest BCUT2D eigenvalue weighted by atomic mass is 9.55. The summed E-state index contributed by atoms with van der Waals surface area (Å²) in [4.78, 5) is 0. The van der Waals surface area contributed by atoms with Crippen LogP contribution in [-0.4, -0.2) is 38.0 Å².